The van der Waals surface area contributed by atoms with Gasteiger partial charge in [0.1, 0.15) is 17.3 Å². The molecule has 29 heavy (non-hydrogen) atoms. The number of benzene rings is 2. The number of amides is 1. The Bertz CT molecular complexity index is 1030. The smallest absolute Gasteiger partial charge is 0.227 e. The fraction of sp³-hybridized carbons (Fsp3) is 0.333. The first-order chi connectivity index (χ1) is 14.1. The summed E-state index contributed by atoms with van der Waals surface area (Å²) in [4.78, 5) is 19.5. The topological polar surface area (TPSA) is 63.7 Å². The van der Waals surface area contributed by atoms with Gasteiger partial charge in [-0.15, -0.1) is 0 Å². The lowest BCUT2D eigenvalue weighted by Crippen LogP contribution is -2.38. The van der Waals surface area contributed by atoms with Crippen LogP contribution in [0, 0.1) is 11.7 Å². The summed E-state index contributed by atoms with van der Waals surface area (Å²) >= 11 is 1.48. The standard InChI is InChI=1S/C21H22FN3O3S/c1-27-15-4-6-16(18(12-15)28-2)23-20(26)13-7-9-25(10-8-13)21-24-17-5-3-14(22)11-19(17)29-21/h3-6,11-13H,7-10H2,1-2H3,(H,23,26). The fourth-order valence-corrected chi connectivity index (χ4v) is 4.53. The SMILES string of the molecule is COc1ccc(NC(=O)C2CCN(c3nc4ccc(F)cc4s3)CC2)c(OC)c1. The molecule has 0 aliphatic carbocycles. The molecule has 2 aromatic carbocycles. The Morgan fingerprint density at radius 3 is 2.69 bits per heavy atom. The molecule has 2 heterocycles. The van der Waals surface area contributed by atoms with E-state index in [0.717, 1.165) is 41.3 Å². The number of hydrogen-bond acceptors (Lipinski definition) is 6. The van der Waals surface area contributed by atoms with Crippen molar-refractivity contribution in [2.45, 2.75) is 12.8 Å². The van der Waals surface area contributed by atoms with Crippen LogP contribution in [-0.4, -0.2) is 38.2 Å². The van der Waals surface area contributed by atoms with E-state index >= 15 is 0 Å². The molecule has 3 aromatic rings. The zero-order valence-electron chi connectivity index (χ0n) is 16.3. The minimum atomic E-state index is -0.253. The van der Waals surface area contributed by atoms with Gasteiger partial charge in [0.2, 0.25) is 5.91 Å². The summed E-state index contributed by atoms with van der Waals surface area (Å²) in [6, 6.07) is 9.96. The molecule has 4 rings (SSSR count). The quantitative estimate of drug-likeness (QED) is 0.673. The lowest BCUT2D eigenvalue weighted by Gasteiger charge is -2.31. The van der Waals surface area contributed by atoms with Crippen molar-refractivity contribution in [1.82, 2.24) is 4.98 Å². The van der Waals surface area contributed by atoms with E-state index in [0.29, 0.717) is 17.2 Å². The number of nitrogens with zero attached hydrogens (tertiary/aromatic N) is 2. The second-order valence-corrected chi connectivity index (χ2v) is 7.93. The molecule has 152 valence electrons. The Hall–Kier alpha value is -2.87. The molecule has 1 aromatic heterocycles. The average Bonchev–Trinajstić information content (AvgIpc) is 3.17. The molecule has 1 aliphatic heterocycles. The van der Waals surface area contributed by atoms with Crippen LogP contribution in [0.25, 0.3) is 10.2 Å². The van der Waals surface area contributed by atoms with Crippen molar-refractivity contribution in [3.8, 4) is 11.5 Å². The van der Waals surface area contributed by atoms with Crippen LogP contribution in [0.15, 0.2) is 36.4 Å². The fourth-order valence-electron chi connectivity index (χ4n) is 3.49. The lowest BCUT2D eigenvalue weighted by atomic mass is 9.96. The summed E-state index contributed by atoms with van der Waals surface area (Å²) in [5, 5.41) is 3.85. The second-order valence-electron chi connectivity index (χ2n) is 6.93. The first kappa shape index (κ1) is 19.4. The van der Waals surface area contributed by atoms with Crippen LogP contribution in [0.2, 0.25) is 0 Å². The summed E-state index contributed by atoms with van der Waals surface area (Å²) in [6.45, 7) is 1.47. The molecule has 0 spiro atoms. The molecule has 0 saturated carbocycles. The third kappa shape index (κ3) is 4.12. The largest absolute Gasteiger partial charge is 0.497 e. The zero-order chi connectivity index (χ0) is 20.4. The van der Waals surface area contributed by atoms with Gasteiger partial charge in [0, 0.05) is 25.1 Å². The maximum absolute atomic E-state index is 13.4. The molecule has 0 unspecified atom stereocenters. The van der Waals surface area contributed by atoms with Crippen LogP contribution in [0.5, 0.6) is 11.5 Å². The third-order valence-corrected chi connectivity index (χ3v) is 6.22. The number of carbonyl (C=O) groups excluding carboxylic acids is 1. The van der Waals surface area contributed by atoms with Gasteiger partial charge in [0.05, 0.1) is 30.1 Å². The van der Waals surface area contributed by atoms with Crippen LogP contribution in [0.3, 0.4) is 0 Å². The van der Waals surface area contributed by atoms with Crippen molar-refractivity contribution in [3.63, 3.8) is 0 Å². The number of nitrogens with one attached hydrogen (secondary N) is 1. The molecule has 0 bridgehead atoms. The summed E-state index contributed by atoms with van der Waals surface area (Å²) in [6.07, 6.45) is 1.46. The van der Waals surface area contributed by atoms with E-state index in [-0.39, 0.29) is 17.6 Å². The van der Waals surface area contributed by atoms with Gasteiger partial charge >= 0.3 is 0 Å². The second kappa shape index (κ2) is 8.24. The molecule has 1 N–H and O–H groups in total. The van der Waals surface area contributed by atoms with Crippen LogP contribution in [0.1, 0.15) is 12.8 Å². The Morgan fingerprint density at radius 2 is 1.97 bits per heavy atom. The molecular weight excluding hydrogens is 393 g/mol. The molecule has 1 saturated heterocycles. The highest BCUT2D eigenvalue weighted by molar-refractivity contribution is 7.22. The van der Waals surface area contributed by atoms with Gasteiger partial charge in [-0.05, 0) is 43.2 Å². The molecule has 6 nitrogen and oxygen atoms in total. The number of ether oxygens (including phenoxy) is 2. The number of methoxy groups -OCH3 is 2. The van der Waals surface area contributed by atoms with Crippen molar-refractivity contribution in [1.29, 1.82) is 0 Å². The van der Waals surface area contributed by atoms with Gasteiger partial charge in [0.25, 0.3) is 0 Å². The van der Waals surface area contributed by atoms with Gasteiger partial charge in [-0.25, -0.2) is 9.37 Å². The van der Waals surface area contributed by atoms with Gasteiger partial charge in [-0.1, -0.05) is 11.3 Å². The van der Waals surface area contributed by atoms with E-state index in [4.69, 9.17) is 9.47 Å². The number of piperidine rings is 1. The Morgan fingerprint density at radius 1 is 1.17 bits per heavy atom. The number of fused-ring (bicyclic) bond motifs is 1. The van der Waals surface area contributed by atoms with Crippen molar-refractivity contribution < 1.29 is 18.7 Å². The molecule has 1 fully saturated rings. The number of carbonyl (C=O) groups is 1. The summed E-state index contributed by atoms with van der Waals surface area (Å²) in [7, 11) is 3.15. The van der Waals surface area contributed by atoms with Crippen LogP contribution < -0.4 is 19.7 Å². The van der Waals surface area contributed by atoms with Crippen LogP contribution in [-0.2, 0) is 4.79 Å². The van der Waals surface area contributed by atoms with Crippen molar-refractivity contribution >= 4 is 38.3 Å². The van der Waals surface area contributed by atoms with E-state index in [2.05, 4.69) is 15.2 Å². The van der Waals surface area contributed by atoms with E-state index in [1.807, 2.05) is 0 Å². The average molecular weight is 415 g/mol. The number of thiazole rings is 1. The first-order valence-electron chi connectivity index (χ1n) is 9.41. The monoisotopic (exact) mass is 415 g/mol. The van der Waals surface area contributed by atoms with Gasteiger partial charge < -0.3 is 19.7 Å². The molecular formula is C21H22FN3O3S. The minimum Gasteiger partial charge on any atom is -0.497 e. The molecule has 1 amide bonds. The predicted octanol–water partition coefficient (Wildman–Crippen LogP) is 4.31. The summed E-state index contributed by atoms with van der Waals surface area (Å²) in [5.41, 5.74) is 1.44. The Kier molecular flexibility index (Phi) is 5.53. The lowest BCUT2D eigenvalue weighted by molar-refractivity contribution is -0.120. The maximum Gasteiger partial charge on any atom is 0.227 e. The number of anilines is 2. The normalized spacial score (nSPS) is 14.8. The molecule has 8 heteroatoms. The van der Waals surface area contributed by atoms with Gasteiger partial charge in [0.15, 0.2) is 5.13 Å². The van der Waals surface area contributed by atoms with E-state index in [1.165, 1.54) is 23.5 Å². The van der Waals surface area contributed by atoms with Gasteiger partial charge in [-0.3, -0.25) is 4.79 Å². The Labute approximate surface area is 172 Å². The first-order valence-corrected chi connectivity index (χ1v) is 10.2. The maximum atomic E-state index is 13.4. The van der Waals surface area contributed by atoms with E-state index in [9.17, 15) is 9.18 Å². The number of rotatable bonds is 5. The zero-order valence-corrected chi connectivity index (χ0v) is 17.1. The molecule has 0 atom stereocenters. The van der Waals surface area contributed by atoms with Gasteiger partial charge in [-0.2, -0.15) is 0 Å². The van der Waals surface area contributed by atoms with Crippen molar-refractivity contribution in [3.05, 3.63) is 42.2 Å². The highest BCUT2D eigenvalue weighted by atomic mass is 32.1. The predicted molar refractivity (Wildman–Crippen MR) is 113 cm³/mol. The highest BCUT2D eigenvalue weighted by Gasteiger charge is 2.27. The number of hydrogen-bond donors (Lipinski definition) is 1. The minimum absolute atomic E-state index is 0.0144. The van der Waals surface area contributed by atoms with E-state index < -0.39 is 0 Å². The van der Waals surface area contributed by atoms with E-state index in [1.54, 1.807) is 38.5 Å². The molecule has 0 radical (unpaired) electrons. The summed E-state index contributed by atoms with van der Waals surface area (Å²) < 4.78 is 24.8. The summed E-state index contributed by atoms with van der Waals surface area (Å²) in [5.74, 6) is 0.891. The van der Waals surface area contributed by atoms with Crippen molar-refractivity contribution in [2.24, 2.45) is 5.92 Å². The highest BCUT2D eigenvalue weighted by Crippen LogP contribution is 2.33. The van der Waals surface area contributed by atoms with Crippen LogP contribution in [0.4, 0.5) is 15.2 Å². The number of halogens is 1. The Balaban J connectivity index is 1.39. The number of aromatic nitrogens is 1. The van der Waals surface area contributed by atoms with Crippen molar-refractivity contribution in [2.75, 3.05) is 37.5 Å². The van der Waals surface area contributed by atoms with Crippen LogP contribution >= 0.6 is 11.3 Å². The third-order valence-electron chi connectivity index (χ3n) is 5.14. The molecule has 1 aliphatic rings.